The van der Waals surface area contributed by atoms with E-state index in [1.807, 2.05) is 32.9 Å². The van der Waals surface area contributed by atoms with Gasteiger partial charge in [-0.2, -0.15) is 0 Å². The Kier molecular flexibility index (Phi) is 3.10. The molecule has 0 saturated heterocycles. The van der Waals surface area contributed by atoms with Crippen LogP contribution in [-0.2, 0) is 0 Å². The first-order valence-electron chi connectivity index (χ1n) is 6.19. The van der Waals surface area contributed by atoms with Gasteiger partial charge in [-0.1, -0.05) is 6.07 Å². The SMILES string of the molecule is Cc1nc(Sc2nc3c(N)cccc3o2)nc(C)c1C. The lowest BCUT2D eigenvalue weighted by Gasteiger charge is -2.04. The highest BCUT2D eigenvalue weighted by Crippen LogP contribution is 2.30. The number of nitrogens with two attached hydrogens (primary N) is 1. The van der Waals surface area contributed by atoms with E-state index in [0.29, 0.717) is 27.2 Å². The molecular weight excluding hydrogens is 272 g/mol. The summed E-state index contributed by atoms with van der Waals surface area (Å²) < 4.78 is 5.65. The number of nitrogen functional groups attached to an aromatic ring is 1. The van der Waals surface area contributed by atoms with E-state index in [-0.39, 0.29) is 0 Å². The second kappa shape index (κ2) is 4.79. The van der Waals surface area contributed by atoms with E-state index in [9.17, 15) is 0 Å². The number of oxazole rings is 1. The van der Waals surface area contributed by atoms with Crippen LogP contribution in [0.5, 0.6) is 0 Å². The van der Waals surface area contributed by atoms with E-state index in [4.69, 9.17) is 10.2 Å². The molecule has 20 heavy (non-hydrogen) atoms. The number of nitrogens with zero attached hydrogens (tertiary/aromatic N) is 3. The maximum atomic E-state index is 5.87. The molecule has 3 rings (SSSR count). The van der Waals surface area contributed by atoms with Crippen LogP contribution in [0.3, 0.4) is 0 Å². The van der Waals surface area contributed by atoms with Crippen molar-refractivity contribution in [1.29, 1.82) is 0 Å². The van der Waals surface area contributed by atoms with E-state index in [1.54, 1.807) is 6.07 Å². The zero-order chi connectivity index (χ0) is 14.3. The molecule has 0 aliphatic heterocycles. The topological polar surface area (TPSA) is 77.8 Å². The van der Waals surface area contributed by atoms with Gasteiger partial charge in [-0.05, 0) is 38.5 Å². The molecule has 6 heteroatoms. The quantitative estimate of drug-likeness (QED) is 0.575. The van der Waals surface area contributed by atoms with E-state index < -0.39 is 0 Å². The third kappa shape index (κ3) is 2.22. The van der Waals surface area contributed by atoms with Gasteiger partial charge in [0.1, 0.15) is 5.52 Å². The molecule has 102 valence electrons. The summed E-state index contributed by atoms with van der Waals surface area (Å²) >= 11 is 1.30. The first kappa shape index (κ1) is 12.9. The summed E-state index contributed by atoms with van der Waals surface area (Å²) in [6, 6.07) is 5.49. The Balaban J connectivity index is 1.99. The predicted octanol–water partition coefficient (Wildman–Crippen LogP) is 3.28. The molecule has 2 aromatic heterocycles. The minimum absolute atomic E-state index is 0.501. The standard InChI is InChI=1S/C14H14N4OS/c1-7-8(2)16-13(17-9(7)3)20-14-18-12-10(15)5-4-6-11(12)19-14/h4-6H,15H2,1-3H3. The molecule has 2 N–H and O–H groups in total. The molecule has 1 aromatic carbocycles. The number of aromatic nitrogens is 3. The molecule has 0 amide bonds. The van der Waals surface area contributed by atoms with Gasteiger partial charge in [-0.3, -0.25) is 0 Å². The van der Waals surface area contributed by atoms with E-state index in [0.717, 1.165) is 17.0 Å². The fourth-order valence-corrected chi connectivity index (χ4v) is 2.65. The normalized spacial score (nSPS) is 11.2. The number of aryl methyl sites for hydroxylation is 2. The van der Waals surface area contributed by atoms with Gasteiger partial charge in [-0.25, -0.2) is 15.0 Å². The third-order valence-electron chi connectivity index (χ3n) is 3.22. The van der Waals surface area contributed by atoms with Crippen LogP contribution in [0, 0.1) is 20.8 Å². The minimum atomic E-state index is 0.501. The average Bonchev–Trinajstić information content (AvgIpc) is 2.80. The number of hydrogen-bond acceptors (Lipinski definition) is 6. The second-order valence-corrected chi connectivity index (χ2v) is 5.50. The van der Waals surface area contributed by atoms with Crippen molar-refractivity contribution in [2.24, 2.45) is 0 Å². The Bertz CT molecular complexity index is 774. The lowest BCUT2D eigenvalue weighted by Crippen LogP contribution is -1.97. The molecular formula is C14H14N4OS. The summed E-state index contributed by atoms with van der Waals surface area (Å²) in [5.74, 6) is 0. The lowest BCUT2D eigenvalue weighted by molar-refractivity contribution is 0.488. The van der Waals surface area contributed by atoms with Crippen molar-refractivity contribution in [3.05, 3.63) is 35.2 Å². The van der Waals surface area contributed by atoms with E-state index in [1.165, 1.54) is 11.8 Å². The van der Waals surface area contributed by atoms with Crippen molar-refractivity contribution in [2.45, 2.75) is 31.2 Å². The highest BCUT2D eigenvalue weighted by Gasteiger charge is 2.12. The van der Waals surface area contributed by atoms with Crippen molar-refractivity contribution in [3.8, 4) is 0 Å². The fraction of sp³-hybridized carbons (Fsp3) is 0.214. The van der Waals surface area contributed by atoms with Crippen LogP contribution in [-0.4, -0.2) is 15.0 Å². The fourth-order valence-electron chi connectivity index (χ4n) is 1.86. The van der Waals surface area contributed by atoms with Crippen LogP contribution in [0.1, 0.15) is 17.0 Å². The molecule has 0 radical (unpaired) electrons. The number of fused-ring (bicyclic) bond motifs is 1. The Morgan fingerprint density at radius 2 is 1.75 bits per heavy atom. The second-order valence-electron chi connectivity index (χ2n) is 4.58. The maximum absolute atomic E-state index is 5.87. The van der Waals surface area contributed by atoms with Crippen molar-refractivity contribution in [2.75, 3.05) is 5.73 Å². The molecule has 0 unspecified atom stereocenters. The van der Waals surface area contributed by atoms with Crippen LogP contribution in [0.25, 0.3) is 11.1 Å². The summed E-state index contributed by atoms with van der Waals surface area (Å²) in [7, 11) is 0. The first-order valence-corrected chi connectivity index (χ1v) is 7.01. The van der Waals surface area contributed by atoms with Gasteiger partial charge >= 0.3 is 0 Å². The molecule has 0 spiro atoms. The zero-order valence-electron chi connectivity index (χ0n) is 11.5. The van der Waals surface area contributed by atoms with Crippen molar-refractivity contribution < 1.29 is 4.42 Å². The van der Waals surface area contributed by atoms with Crippen LogP contribution >= 0.6 is 11.8 Å². The van der Waals surface area contributed by atoms with Gasteiger partial charge in [0.2, 0.25) is 0 Å². The third-order valence-corrected chi connectivity index (χ3v) is 3.94. The molecule has 0 aliphatic rings. The number of hydrogen-bond donors (Lipinski definition) is 1. The highest BCUT2D eigenvalue weighted by atomic mass is 32.2. The maximum Gasteiger partial charge on any atom is 0.264 e. The monoisotopic (exact) mass is 286 g/mol. The Morgan fingerprint density at radius 3 is 2.40 bits per heavy atom. The lowest BCUT2D eigenvalue weighted by atomic mass is 10.2. The molecule has 0 saturated carbocycles. The van der Waals surface area contributed by atoms with Crippen molar-refractivity contribution >= 4 is 28.5 Å². The van der Waals surface area contributed by atoms with Gasteiger partial charge in [0.25, 0.3) is 5.22 Å². The van der Waals surface area contributed by atoms with E-state index >= 15 is 0 Å². The van der Waals surface area contributed by atoms with Crippen molar-refractivity contribution in [1.82, 2.24) is 15.0 Å². The summed E-state index contributed by atoms with van der Waals surface area (Å²) in [5.41, 5.74) is 10.9. The van der Waals surface area contributed by atoms with Crippen LogP contribution < -0.4 is 5.73 Å². The summed E-state index contributed by atoms with van der Waals surface area (Å²) in [5, 5.41) is 1.14. The Hall–Kier alpha value is -2.08. The molecule has 3 aromatic rings. The molecule has 0 fully saturated rings. The number of benzene rings is 1. The molecule has 0 atom stereocenters. The number of para-hydroxylation sites is 1. The summed E-state index contributed by atoms with van der Waals surface area (Å²) in [4.78, 5) is 13.3. The summed E-state index contributed by atoms with van der Waals surface area (Å²) in [6.45, 7) is 5.95. The molecule has 0 aliphatic carbocycles. The highest BCUT2D eigenvalue weighted by molar-refractivity contribution is 7.98. The van der Waals surface area contributed by atoms with Crippen molar-refractivity contribution in [3.63, 3.8) is 0 Å². The zero-order valence-corrected chi connectivity index (χ0v) is 12.3. The molecule has 0 bridgehead atoms. The smallest absolute Gasteiger partial charge is 0.264 e. The average molecular weight is 286 g/mol. The van der Waals surface area contributed by atoms with Gasteiger partial charge in [0.15, 0.2) is 10.7 Å². The predicted molar refractivity (Wildman–Crippen MR) is 78.8 cm³/mol. The molecule has 2 heterocycles. The summed E-state index contributed by atoms with van der Waals surface area (Å²) in [6.07, 6.45) is 0. The van der Waals surface area contributed by atoms with Gasteiger partial charge in [0, 0.05) is 23.1 Å². The number of rotatable bonds is 2. The molecule has 5 nitrogen and oxygen atoms in total. The Labute approximate surface area is 120 Å². The minimum Gasteiger partial charge on any atom is -0.431 e. The van der Waals surface area contributed by atoms with Gasteiger partial charge in [-0.15, -0.1) is 0 Å². The van der Waals surface area contributed by atoms with E-state index in [2.05, 4.69) is 15.0 Å². The van der Waals surface area contributed by atoms with Crippen LogP contribution in [0.15, 0.2) is 33.0 Å². The number of anilines is 1. The van der Waals surface area contributed by atoms with Gasteiger partial charge in [0.05, 0.1) is 5.69 Å². The largest absolute Gasteiger partial charge is 0.431 e. The Morgan fingerprint density at radius 1 is 1.05 bits per heavy atom. The van der Waals surface area contributed by atoms with Crippen LogP contribution in [0.4, 0.5) is 5.69 Å². The van der Waals surface area contributed by atoms with Gasteiger partial charge < -0.3 is 10.2 Å². The first-order chi connectivity index (χ1) is 9.54. The van der Waals surface area contributed by atoms with Crippen LogP contribution in [0.2, 0.25) is 0 Å².